The number of anilines is 2. The fraction of sp³-hybridized carbons (Fsp3) is 0.480. The van der Waals surface area contributed by atoms with Crippen LogP contribution in [0, 0.1) is 5.41 Å². The minimum atomic E-state index is -0.250. The van der Waals surface area contributed by atoms with Crippen LogP contribution >= 0.6 is 0 Å². The number of carbonyl (C=O) groups excluding carboxylic acids is 1. The summed E-state index contributed by atoms with van der Waals surface area (Å²) in [7, 11) is 2.19. The van der Waals surface area contributed by atoms with Crippen LogP contribution in [0.25, 0.3) is 0 Å². The smallest absolute Gasteiger partial charge is 0.338 e. The van der Waals surface area contributed by atoms with E-state index in [-0.39, 0.29) is 17.4 Å². The Morgan fingerprint density at radius 1 is 1.13 bits per heavy atom. The van der Waals surface area contributed by atoms with E-state index in [0.29, 0.717) is 12.2 Å². The zero-order valence-corrected chi connectivity index (χ0v) is 18.6. The fourth-order valence-corrected chi connectivity index (χ4v) is 4.67. The van der Waals surface area contributed by atoms with Gasteiger partial charge in [0.1, 0.15) is 0 Å². The Morgan fingerprint density at radius 3 is 2.63 bits per heavy atom. The first-order chi connectivity index (χ1) is 14.4. The normalized spacial score (nSPS) is 20.9. The second kappa shape index (κ2) is 8.31. The molecule has 5 nitrogen and oxygen atoms in total. The van der Waals surface area contributed by atoms with Crippen molar-refractivity contribution >= 4 is 17.3 Å². The molecule has 0 spiro atoms. The largest absolute Gasteiger partial charge is 0.462 e. The molecule has 30 heavy (non-hydrogen) atoms. The van der Waals surface area contributed by atoms with Crippen LogP contribution in [0.1, 0.15) is 48.3 Å². The molecule has 0 aliphatic carbocycles. The number of nitrogens with zero attached hydrogens (tertiary/aromatic N) is 2. The molecule has 0 aromatic heterocycles. The highest BCUT2D eigenvalue weighted by molar-refractivity contribution is 5.90. The summed E-state index contributed by atoms with van der Waals surface area (Å²) >= 11 is 0. The monoisotopic (exact) mass is 407 g/mol. The Bertz CT molecular complexity index is 916. The van der Waals surface area contributed by atoms with E-state index in [1.807, 2.05) is 25.1 Å². The average molecular weight is 408 g/mol. The zero-order valence-electron chi connectivity index (χ0n) is 18.6. The standard InChI is InChI=1S/C25H33N3O2/c1-5-30-24(29)19-9-10-22-20(15-19)17-25(2,3)23(26-22)18-7-6-8-21(16-18)28-13-11-27(4)12-14-28/h6-10,15-16,23,26H,5,11-14,17H2,1-4H3. The van der Waals surface area contributed by atoms with E-state index in [1.165, 1.54) is 16.8 Å². The first-order valence-corrected chi connectivity index (χ1v) is 11.0. The highest BCUT2D eigenvalue weighted by Crippen LogP contribution is 2.45. The third-order valence-corrected chi connectivity index (χ3v) is 6.42. The first-order valence-electron chi connectivity index (χ1n) is 11.0. The molecule has 1 saturated heterocycles. The van der Waals surface area contributed by atoms with Gasteiger partial charge < -0.3 is 19.9 Å². The van der Waals surface area contributed by atoms with Gasteiger partial charge in [0.15, 0.2) is 0 Å². The lowest BCUT2D eigenvalue weighted by molar-refractivity contribution is 0.0526. The van der Waals surface area contributed by atoms with Crippen molar-refractivity contribution in [3.63, 3.8) is 0 Å². The molecule has 1 unspecified atom stereocenters. The Morgan fingerprint density at radius 2 is 1.90 bits per heavy atom. The number of carbonyl (C=O) groups is 1. The van der Waals surface area contributed by atoms with Gasteiger partial charge in [0, 0.05) is 37.6 Å². The van der Waals surface area contributed by atoms with Crippen molar-refractivity contribution in [1.82, 2.24) is 4.90 Å². The molecule has 2 aromatic carbocycles. The first kappa shape index (κ1) is 20.7. The topological polar surface area (TPSA) is 44.8 Å². The number of piperazine rings is 1. The van der Waals surface area contributed by atoms with Crippen molar-refractivity contribution in [2.45, 2.75) is 33.2 Å². The maximum Gasteiger partial charge on any atom is 0.338 e. The van der Waals surface area contributed by atoms with Crippen LogP contribution in [0.2, 0.25) is 0 Å². The second-order valence-electron chi connectivity index (χ2n) is 9.22. The van der Waals surface area contributed by atoms with Crippen molar-refractivity contribution in [3.8, 4) is 0 Å². The molecule has 2 aliphatic heterocycles. The SMILES string of the molecule is CCOC(=O)c1ccc2c(c1)CC(C)(C)C(c1cccc(N3CCN(C)CC3)c1)N2. The van der Waals surface area contributed by atoms with Gasteiger partial charge in [-0.25, -0.2) is 4.79 Å². The van der Waals surface area contributed by atoms with Crippen LogP contribution in [0.5, 0.6) is 0 Å². The lowest BCUT2D eigenvalue weighted by Gasteiger charge is -2.42. The summed E-state index contributed by atoms with van der Waals surface area (Å²) in [6.45, 7) is 11.2. The lowest BCUT2D eigenvalue weighted by atomic mass is 9.72. The minimum Gasteiger partial charge on any atom is -0.462 e. The number of hydrogen-bond donors (Lipinski definition) is 1. The van der Waals surface area contributed by atoms with Crippen LogP contribution < -0.4 is 10.2 Å². The van der Waals surface area contributed by atoms with Crippen molar-refractivity contribution in [1.29, 1.82) is 0 Å². The van der Waals surface area contributed by atoms with E-state index in [0.717, 1.165) is 38.3 Å². The van der Waals surface area contributed by atoms with Crippen molar-refractivity contribution in [3.05, 3.63) is 59.2 Å². The Hall–Kier alpha value is -2.53. The molecule has 0 bridgehead atoms. The van der Waals surface area contributed by atoms with Crippen molar-refractivity contribution < 1.29 is 9.53 Å². The van der Waals surface area contributed by atoms with Gasteiger partial charge in [-0.15, -0.1) is 0 Å². The number of esters is 1. The van der Waals surface area contributed by atoms with Gasteiger partial charge in [0.2, 0.25) is 0 Å². The summed E-state index contributed by atoms with van der Waals surface area (Å²) in [5, 5.41) is 3.76. The number of hydrogen-bond acceptors (Lipinski definition) is 5. The highest BCUT2D eigenvalue weighted by atomic mass is 16.5. The molecule has 0 saturated carbocycles. The molecule has 2 aromatic rings. The summed E-state index contributed by atoms with van der Waals surface area (Å²) < 4.78 is 5.17. The molecule has 1 atom stereocenters. The predicted molar refractivity (Wildman–Crippen MR) is 122 cm³/mol. The third kappa shape index (κ3) is 4.17. The predicted octanol–water partition coefficient (Wildman–Crippen LogP) is 4.35. The molecule has 1 fully saturated rings. The van der Waals surface area contributed by atoms with Gasteiger partial charge in [0.05, 0.1) is 18.2 Å². The Labute approximate surface area is 180 Å². The molecule has 160 valence electrons. The van der Waals surface area contributed by atoms with E-state index < -0.39 is 0 Å². The van der Waals surface area contributed by atoms with Gasteiger partial charge >= 0.3 is 5.97 Å². The van der Waals surface area contributed by atoms with Crippen molar-refractivity contribution in [2.75, 3.05) is 50.1 Å². The Balaban J connectivity index is 1.59. The fourth-order valence-electron chi connectivity index (χ4n) is 4.67. The number of fused-ring (bicyclic) bond motifs is 1. The molecular formula is C25H33N3O2. The molecule has 2 aliphatic rings. The van der Waals surface area contributed by atoms with Gasteiger partial charge in [-0.2, -0.15) is 0 Å². The number of rotatable bonds is 4. The number of ether oxygens (including phenoxy) is 1. The van der Waals surface area contributed by atoms with E-state index in [1.54, 1.807) is 0 Å². The average Bonchev–Trinajstić information content (AvgIpc) is 2.73. The Kier molecular flexibility index (Phi) is 5.74. The number of likely N-dealkylation sites (N-methyl/N-ethyl adjacent to an activating group) is 1. The summed E-state index contributed by atoms with van der Waals surface area (Å²) in [4.78, 5) is 17.0. The van der Waals surface area contributed by atoms with Crippen LogP contribution in [-0.4, -0.2) is 50.7 Å². The van der Waals surface area contributed by atoms with Crippen LogP contribution in [0.4, 0.5) is 11.4 Å². The van der Waals surface area contributed by atoms with Crippen LogP contribution in [0.15, 0.2) is 42.5 Å². The molecule has 5 heteroatoms. The third-order valence-electron chi connectivity index (χ3n) is 6.42. The summed E-state index contributed by atoms with van der Waals surface area (Å²) in [6.07, 6.45) is 0.909. The van der Waals surface area contributed by atoms with Crippen LogP contribution in [0.3, 0.4) is 0 Å². The molecule has 2 heterocycles. The summed E-state index contributed by atoms with van der Waals surface area (Å²) in [6, 6.07) is 15.1. The van der Waals surface area contributed by atoms with Gasteiger partial charge in [0.25, 0.3) is 0 Å². The van der Waals surface area contributed by atoms with Gasteiger partial charge in [-0.05, 0) is 67.3 Å². The maximum atomic E-state index is 12.1. The summed E-state index contributed by atoms with van der Waals surface area (Å²) in [5.74, 6) is -0.250. The molecular weight excluding hydrogens is 374 g/mol. The second-order valence-corrected chi connectivity index (χ2v) is 9.22. The summed E-state index contributed by atoms with van der Waals surface area (Å²) in [5.41, 5.74) is 5.55. The highest BCUT2D eigenvalue weighted by Gasteiger charge is 2.36. The van der Waals surface area contributed by atoms with E-state index in [2.05, 4.69) is 60.3 Å². The molecule has 0 radical (unpaired) electrons. The zero-order chi connectivity index (χ0) is 21.3. The van der Waals surface area contributed by atoms with E-state index in [4.69, 9.17) is 4.74 Å². The number of benzene rings is 2. The van der Waals surface area contributed by atoms with Crippen LogP contribution in [-0.2, 0) is 11.2 Å². The lowest BCUT2D eigenvalue weighted by Crippen LogP contribution is -2.44. The van der Waals surface area contributed by atoms with E-state index in [9.17, 15) is 4.79 Å². The molecule has 4 rings (SSSR count). The minimum absolute atomic E-state index is 0.0149. The maximum absolute atomic E-state index is 12.1. The molecule has 0 amide bonds. The van der Waals surface area contributed by atoms with Gasteiger partial charge in [-0.1, -0.05) is 26.0 Å². The van der Waals surface area contributed by atoms with Crippen molar-refractivity contribution in [2.24, 2.45) is 5.41 Å². The molecule has 1 N–H and O–H groups in total. The number of nitrogens with one attached hydrogen (secondary N) is 1. The van der Waals surface area contributed by atoms with E-state index >= 15 is 0 Å². The quantitative estimate of drug-likeness (QED) is 0.764. The van der Waals surface area contributed by atoms with Gasteiger partial charge in [-0.3, -0.25) is 0 Å².